The van der Waals surface area contributed by atoms with Gasteiger partial charge in [0.25, 0.3) is 5.91 Å². The lowest BCUT2D eigenvalue weighted by atomic mass is 9.94. The van der Waals surface area contributed by atoms with Gasteiger partial charge in [0.1, 0.15) is 11.8 Å². The molecule has 1 aliphatic carbocycles. The fourth-order valence-corrected chi connectivity index (χ4v) is 5.82. The zero-order valence-corrected chi connectivity index (χ0v) is 25.8. The second-order valence-corrected chi connectivity index (χ2v) is 12.1. The maximum absolute atomic E-state index is 13.9. The smallest absolute Gasteiger partial charge is 0.261 e. The Hall–Kier alpha value is -2.64. The third-order valence-electron chi connectivity index (χ3n) is 7.24. The minimum Gasteiger partial charge on any atom is -0.484 e. The van der Waals surface area contributed by atoms with Crippen molar-refractivity contribution in [3.8, 4) is 5.75 Å². The first-order chi connectivity index (χ1) is 18.8. The predicted octanol–water partition coefficient (Wildman–Crippen LogP) is 7.30. The number of amides is 2. The third-order valence-corrected chi connectivity index (χ3v) is 8.98. The summed E-state index contributed by atoms with van der Waals surface area (Å²) in [7, 11) is 0. The highest BCUT2D eigenvalue weighted by Crippen LogP contribution is 2.27. The molecule has 3 aromatic rings. The number of halogens is 2. The topological polar surface area (TPSA) is 58.6 Å². The van der Waals surface area contributed by atoms with E-state index in [-0.39, 0.29) is 24.5 Å². The fourth-order valence-electron chi connectivity index (χ4n) is 5.15. The average molecular weight is 656 g/mol. The Labute approximate surface area is 248 Å². The van der Waals surface area contributed by atoms with Gasteiger partial charge in [0.15, 0.2) is 6.61 Å². The Kier molecular flexibility index (Phi) is 10.6. The van der Waals surface area contributed by atoms with Crippen molar-refractivity contribution in [2.75, 3.05) is 6.61 Å². The van der Waals surface area contributed by atoms with Gasteiger partial charge in [0.2, 0.25) is 5.91 Å². The van der Waals surface area contributed by atoms with Crippen molar-refractivity contribution in [1.82, 2.24) is 10.2 Å². The van der Waals surface area contributed by atoms with Crippen LogP contribution < -0.4 is 10.1 Å². The molecule has 0 spiro atoms. The maximum atomic E-state index is 13.9. The predicted molar refractivity (Wildman–Crippen MR) is 163 cm³/mol. The van der Waals surface area contributed by atoms with Gasteiger partial charge in [-0.15, -0.1) is 0 Å². The molecule has 0 unspecified atom stereocenters. The monoisotopic (exact) mass is 654 g/mol. The summed E-state index contributed by atoms with van der Waals surface area (Å²) in [6.07, 6.45) is 5.84. The van der Waals surface area contributed by atoms with Crippen LogP contribution >= 0.6 is 31.9 Å². The van der Waals surface area contributed by atoms with Crippen LogP contribution in [0.2, 0.25) is 0 Å². The van der Waals surface area contributed by atoms with Crippen LogP contribution in [0.3, 0.4) is 0 Å². The number of benzene rings is 3. The number of nitrogens with zero attached hydrogens (tertiary/aromatic N) is 1. The van der Waals surface area contributed by atoms with Crippen molar-refractivity contribution >= 4 is 43.7 Å². The Morgan fingerprint density at radius 2 is 1.59 bits per heavy atom. The summed E-state index contributed by atoms with van der Waals surface area (Å²) in [5, 5.41) is 3.28. The first-order valence-electron chi connectivity index (χ1n) is 13.6. The molecule has 1 fully saturated rings. The lowest BCUT2D eigenvalue weighted by Gasteiger charge is -2.33. The number of ether oxygens (including phenoxy) is 1. The van der Waals surface area contributed by atoms with Gasteiger partial charge in [-0.2, -0.15) is 0 Å². The molecule has 5 nitrogen and oxygen atoms in total. The van der Waals surface area contributed by atoms with E-state index in [2.05, 4.69) is 37.2 Å². The van der Waals surface area contributed by atoms with Gasteiger partial charge in [0, 0.05) is 28.0 Å². The second kappa shape index (κ2) is 14.1. The summed E-state index contributed by atoms with van der Waals surface area (Å²) >= 11 is 7.13. The van der Waals surface area contributed by atoms with Gasteiger partial charge in [-0.1, -0.05) is 93.6 Å². The molecule has 39 heavy (non-hydrogen) atoms. The lowest BCUT2D eigenvalue weighted by molar-refractivity contribution is -0.143. The molecule has 0 heterocycles. The van der Waals surface area contributed by atoms with E-state index in [9.17, 15) is 9.59 Å². The van der Waals surface area contributed by atoms with Gasteiger partial charge in [0.05, 0.1) is 0 Å². The normalized spacial score (nSPS) is 14.5. The van der Waals surface area contributed by atoms with E-state index in [0.717, 1.165) is 56.9 Å². The molecule has 1 N–H and O–H groups in total. The van der Waals surface area contributed by atoms with Crippen LogP contribution in [-0.4, -0.2) is 35.4 Å². The van der Waals surface area contributed by atoms with E-state index in [1.54, 1.807) is 4.90 Å². The Bertz CT molecular complexity index is 1250. The van der Waals surface area contributed by atoms with Crippen LogP contribution in [0.15, 0.2) is 75.7 Å². The van der Waals surface area contributed by atoms with Crippen molar-refractivity contribution in [2.24, 2.45) is 0 Å². The van der Waals surface area contributed by atoms with E-state index in [1.165, 1.54) is 6.42 Å². The number of nitrogens with one attached hydrogen (secondary N) is 1. The summed E-state index contributed by atoms with van der Waals surface area (Å²) in [4.78, 5) is 29.4. The molecule has 0 aromatic heterocycles. The largest absolute Gasteiger partial charge is 0.484 e. The molecule has 1 atom stereocenters. The zero-order valence-electron chi connectivity index (χ0n) is 22.6. The number of rotatable bonds is 10. The summed E-state index contributed by atoms with van der Waals surface area (Å²) in [6, 6.07) is 21.1. The van der Waals surface area contributed by atoms with Crippen LogP contribution in [0.1, 0.15) is 54.4 Å². The van der Waals surface area contributed by atoms with E-state index >= 15 is 0 Å². The van der Waals surface area contributed by atoms with Gasteiger partial charge >= 0.3 is 0 Å². The Morgan fingerprint density at radius 3 is 2.26 bits per heavy atom. The first kappa shape index (κ1) is 29.3. The number of carbonyl (C=O) groups is 2. The molecule has 0 radical (unpaired) electrons. The summed E-state index contributed by atoms with van der Waals surface area (Å²) < 4.78 is 7.96. The molecule has 1 aliphatic rings. The molecule has 0 bridgehead atoms. The number of hydrogen-bond donors (Lipinski definition) is 1. The summed E-state index contributed by atoms with van der Waals surface area (Å²) in [5.74, 6) is 0.299. The number of hydrogen-bond acceptors (Lipinski definition) is 3. The molecule has 3 aromatic carbocycles. The second-order valence-electron chi connectivity index (χ2n) is 10.4. The van der Waals surface area contributed by atoms with Crippen LogP contribution in [0.25, 0.3) is 0 Å². The first-order valence-corrected chi connectivity index (χ1v) is 15.2. The average Bonchev–Trinajstić information content (AvgIpc) is 2.93. The Morgan fingerprint density at radius 1 is 0.923 bits per heavy atom. The number of carbonyl (C=O) groups excluding carboxylic acids is 2. The van der Waals surface area contributed by atoms with Crippen molar-refractivity contribution in [1.29, 1.82) is 0 Å². The van der Waals surface area contributed by atoms with Crippen LogP contribution in [-0.2, 0) is 22.6 Å². The lowest BCUT2D eigenvalue weighted by Crippen LogP contribution is -2.53. The zero-order chi connectivity index (χ0) is 27.8. The molecule has 0 aliphatic heterocycles. The molecule has 7 heteroatoms. The van der Waals surface area contributed by atoms with Gasteiger partial charge < -0.3 is 15.0 Å². The number of aryl methyl sites for hydroxylation is 2. The van der Waals surface area contributed by atoms with Crippen molar-refractivity contribution < 1.29 is 14.3 Å². The van der Waals surface area contributed by atoms with Crippen LogP contribution in [0.5, 0.6) is 5.75 Å². The molecule has 0 saturated heterocycles. The molecular weight excluding hydrogens is 620 g/mol. The van der Waals surface area contributed by atoms with Gasteiger partial charge in [-0.25, -0.2) is 0 Å². The highest BCUT2D eigenvalue weighted by molar-refractivity contribution is 9.10. The molecule has 1 saturated carbocycles. The minimum atomic E-state index is -0.669. The fraction of sp³-hybridized carbons (Fsp3) is 0.375. The minimum absolute atomic E-state index is 0.107. The van der Waals surface area contributed by atoms with Crippen LogP contribution in [0, 0.1) is 13.8 Å². The van der Waals surface area contributed by atoms with Gasteiger partial charge in [-0.05, 0) is 73.2 Å². The molecule has 206 valence electrons. The van der Waals surface area contributed by atoms with Gasteiger partial charge in [-0.3, -0.25) is 9.59 Å². The van der Waals surface area contributed by atoms with E-state index in [4.69, 9.17) is 4.74 Å². The van der Waals surface area contributed by atoms with Crippen LogP contribution in [0.4, 0.5) is 0 Å². The van der Waals surface area contributed by atoms with Crippen molar-refractivity contribution in [2.45, 2.75) is 71.0 Å². The van der Waals surface area contributed by atoms with E-state index in [0.29, 0.717) is 18.7 Å². The highest BCUT2D eigenvalue weighted by Gasteiger charge is 2.32. The molecule has 2 amide bonds. The quantitative estimate of drug-likeness (QED) is 0.249. The maximum Gasteiger partial charge on any atom is 0.261 e. The standard InChI is InChI=1S/C32H36Br2N2O3/c1-22-16-28(17-23(2)31(22)34)39-21-30(37)36(20-25-12-9-13-26(33)18-25)29(19-24-10-5-3-6-11-24)32(38)35-27-14-7-4-8-15-27/h3,5-6,9-13,16-18,27,29H,4,7-8,14-15,19-21H2,1-2H3,(H,35,38)/t29-/m0/s1. The third kappa shape index (κ3) is 8.42. The Balaban J connectivity index is 1.62. The van der Waals surface area contributed by atoms with E-state index in [1.807, 2.05) is 80.6 Å². The van der Waals surface area contributed by atoms with Crippen molar-refractivity contribution in [3.05, 3.63) is 97.9 Å². The summed E-state index contributed by atoms with van der Waals surface area (Å²) in [6.45, 7) is 4.14. The SMILES string of the molecule is Cc1cc(OCC(=O)N(Cc2cccc(Br)c2)[C@@H](Cc2ccccc2)C(=O)NC2CCCCC2)cc(C)c1Br. The highest BCUT2D eigenvalue weighted by atomic mass is 79.9. The van der Waals surface area contributed by atoms with E-state index < -0.39 is 6.04 Å². The molecule has 4 rings (SSSR count). The molecular formula is C32H36Br2N2O3. The summed E-state index contributed by atoms with van der Waals surface area (Å²) in [5.41, 5.74) is 4.03. The van der Waals surface area contributed by atoms with Crippen molar-refractivity contribution in [3.63, 3.8) is 0 Å².